The number of hydrogen-bond donors (Lipinski definition) is 1. The summed E-state index contributed by atoms with van der Waals surface area (Å²) in [5, 5.41) is 2.34. The van der Waals surface area contributed by atoms with Crippen LogP contribution in [-0.4, -0.2) is 20.7 Å². The number of carbonyl (C=O) groups excluding carboxylic acids is 1. The molecule has 0 bridgehead atoms. The molecule has 0 aromatic carbocycles. The van der Waals surface area contributed by atoms with Crippen molar-refractivity contribution < 1.29 is 4.79 Å². The molecular weight excluding hydrogens is 213 g/mol. The van der Waals surface area contributed by atoms with Crippen LogP contribution in [0, 0.1) is 6.92 Å². The lowest BCUT2D eigenvalue weighted by Gasteiger charge is -2.02. The van der Waals surface area contributed by atoms with Crippen LogP contribution in [0.25, 0.3) is 0 Å². The van der Waals surface area contributed by atoms with Gasteiger partial charge in [-0.05, 0) is 12.5 Å². The highest BCUT2D eigenvalue weighted by Gasteiger charge is 2.12. The molecule has 0 saturated carbocycles. The Kier molecular flexibility index (Phi) is 3.45. The Labute approximate surface area is 85.3 Å². The number of anilines is 1. The molecule has 0 unspecified atom stereocenters. The van der Waals surface area contributed by atoms with Gasteiger partial charge in [0.25, 0.3) is 5.91 Å². The smallest absolute Gasteiger partial charge is 0.260 e. The highest BCUT2D eigenvalue weighted by Crippen LogP contribution is 2.05. The minimum atomic E-state index is -1.11. The molecule has 1 rings (SSSR count). The molecule has 0 aliphatic heterocycles. The van der Waals surface area contributed by atoms with Crippen LogP contribution in [0.2, 0.25) is 0 Å². The molecule has 1 aromatic heterocycles. The molecule has 0 spiro atoms. The SMILES string of the molecule is Cc1cnc(NC(=O)C(Cl)Cl)nc1. The van der Waals surface area contributed by atoms with Gasteiger partial charge in [0.1, 0.15) is 0 Å². The van der Waals surface area contributed by atoms with Crippen molar-refractivity contribution in [3.8, 4) is 0 Å². The van der Waals surface area contributed by atoms with Crippen LogP contribution in [0.15, 0.2) is 12.4 Å². The molecule has 0 atom stereocenters. The second kappa shape index (κ2) is 4.39. The summed E-state index contributed by atoms with van der Waals surface area (Å²) in [5.41, 5.74) is 0.909. The summed E-state index contributed by atoms with van der Waals surface area (Å²) in [6.45, 7) is 1.84. The normalized spacial score (nSPS) is 10.2. The second-order valence-electron chi connectivity index (χ2n) is 2.37. The highest BCUT2D eigenvalue weighted by molar-refractivity contribution is 6.54. The van der Waals surface area contributed by atoms with Gasteiger partial charge in [0.2, 0.25) is 5.95 Å². The van der Waals surface area contributed by atoms with E-state index in [-0.39, 0.29) is 5.95 Å². The molecule has 0 saturated heterocycles. The first-order chi connectivity index (χ1) is 6.09. The molecule has 1 amide bonds. The molecule has 70 valence electrons. The summed E-state index contributed by atoms with van der Waals surface area (Å²) in [7, 11) is 0. The summed E-state index contributed by atoms with van der Waals surface area (Å²) < 4.78 is 0. The monoisotopic (exact) mass is 219 g/mol. The zero-order chi connectivity index (χ0) is 9.84. The first kappa shape index (κ1) is 10.2. The maximum absolute atomic E-state index is 10.9. The Bertz CT molecular complexity index is 299. The van der Waals surface area contributed by atoms with Gasteiger partial charge in [-0.25, -0.2) is 9.97 Å². The van der Waals surface area contributed by atoms with Gasteiger partial charge in [-0.2, -0.15) is 0 Å². The topological polar surface area (TPSA) is 54.9 Å². The van der Waals surface area contributed by atoms with Crippen molar-refractivity contribution in [2.24, 2.45) is 0 Å². The number of hydrogen-bond acceptors (Lipinski definition) is 3. The van der Waals surface area contributed by atoms with Crippen LogP contribution in [0.5, 0.6) is 0 Å². The lowest BCUT2D eigenvalue weighted by Crippen LogP contribution is -2.20. The third-order valence-corrected chi connectivity index (χ3v) is 1.61. The number of nitrogens with zero attached hydrogens (tertiary/aromatic N) is 2. The molecule has 13 heavy (non-hydrogen) atoms. The Hall–Kier alpha value is -0.870. The van der Waals surface area contributed by atoms with Crippen LogP contribution in [0.4, 0.5) is 5.95 Å². The third kappa shape index (κ3) is 3.16. The number of halogens is 2. The van der Waals surface area contributed by atoms with E-state index < -0.39 is 10.7 Å². The number of rotatable bonds is 2. The van der Waals surface area contributed by atoms with Gasteiger partial charge >= 0.3 is 0 Å². The van der Waals surface area contributed by atoms with E-state index in [0.29, 0.717) is 0 Å². The average Bonchev–Trinajstić information content (AvgIpc) is 2.08. The molecule has 0 aliphatic rings. The average molecular weight is 220 g/mol. The second-order valence-corrected chi connectivity index (χ2v) is 3.47. The van der Waals surface area contributed by atoms with Crippen LogP contribution in [0.3, 0.4) is 0 Å². The minimum absolute atomic E-state index is 0.196. The third-order valence-electron chi connectivity index (χ3n) is 1.21. The van der Waals surface area contributed by atoms with E-state index >= 15 is 0 Å². The maximum atomic E-state index is 10.9. The Morgan fingerprint density at radius 1 is 1.46 bits per heavy atom. The first-order valence-electron chi connectivity index (χ1n) is 3.47. The molecule has 0 fully saturated rings. The Morgan fingerprint density at radius 3 is 2.46 bits per heavy atom. The van der Waals surface area contributed by atoms with Crippen molar-refractivity contribution in [3.63, 3.8) is 0 Å². The lowest BCUT2D eigenvalue weighted by molar-refractivity contribution is -0.114. The predicted molar refractivity (Wildman–Crippen MR) is 50.9 cm³/mol. The van der Waals surface area contributed by atoms with E-state index in [4.69, 9.17) is 23.2 Å². The van der Waals surface area contributed by atoms with Crippen LogP contribution in [0.1, 0.15) is 5.56 Å². The van der Waals surface area contributed by atoms with E-state index in [1.165, 1.54) is 0 Å². The number of amides is 1. The summed E-state index contributed by atoms with van der Waals surface area (Å²) in [6.07, 6.45) is 3.17. The predicted octanol–water partition coefficient (Wildman–Crippen LogP) is 1.53. The van der Waals surface area contributed by atoms with Crippen molar-refractivity contribution in [2.45, 2.75) is 11.8 Å². The number of alkyl halides is 2. The van der Waals surface area contributed by atoms with Crippen LogP contribution < -0.4 is 5.32 Å². The fourth-order valence-electron chi connectivity index (χ4n) is 0.622. The fourth-order valence-corrected chi connectivity index (χ4v) is 0.731. The molecule has 4 nitrogen and oxygen atoms in total. The molecule has 1 N–H and O–H groups in total. The Morgan fingerprint density at radius 2 is 2.00 bits per heavy atom. The lowest BCUT2D eigenvalue weighted by atomic mass is 10.4. The number of carbonyl (C=O) groups is 1. The van der Waals surface area contributed by atoms with Gasteiger partial charge in [0, 0.05) is 12.4 Å². The molecule has 1 heterocycles. The van der Waals surface area contributed by atoms with E-state index in [2.05, 4.69) is 15.3 Å². The summed E-state index contributed by atoms with van der Waals surface area (Å²) >= 11 is 10.6. The molecule has 6 heteroatoms. The van der Waals surface area contributed by atoms with E-state index in [9.17, 15) is 4.79 Å². The van der Waals surface area contributed by atoms with Gasteiger partial charge in [-0.3, -0.25) is 10.1 Å². The van der Waals surface area contributed by atoms with Gasteiger partial charge in [0.05, 0.1) is 0 Å². The van der Waals surface area contributed by atoms with Gasteiger partial charge in [0.15, 0.2) is 4.84 Å². The van der Waals surface area contributed by atoms with Gasteiger partial charge in [-0.1, -0.05) is 23.2 Å². The maximum Gasteiger partial charge on any atom is 0.260 e. The van der Waals surface area contributed by atoms with Crippen LogP contribution in [-0.2, 0) is 4.79 Å². The summed E-state index contributed by atoms with van der Waals surface area (Å²) in [6, 6.07) is 0. The van der Waals surface area contributed by atoms with Crippen molar-refractivity contribution >= 4 is 35.1 Å². The Balaban J connectivity index is 2.65. The minimum Gasteiger partial charge on any atom is -0.292 e. The zero-order valence-electron chi connectivity index (χ0n) is 6.79. The summed E-state index contributed by atoms with van der Waals surface area (Å²) in [5.74, 6) is -0.339. The number of aromatic nitrogens is 2. The van der Waals surface area contributed by atoms with E-state index in [1.807, 2.05) is 6.92 Å². The first-order valence-corrected chi connectivity index (χ1v) is 4.34. The summed E-state index contributed by atoms with van der Waals surface area (Å²) in [4.78, 5) is 17.5. The quantitative estimate of drug-likeness (QED) is 0.769. The fraction of sp³-hybridized carbons (Fsp3) is 0.286. The van der Waals surface area contributed by atoms with E-state index in [1.54, 1.807) is 12.4 Å². The van der Waals surface area contributed by atoms with Crippen molar-refractivity contribution in [1.82, 2.24) is 9.97 Å². The highest BCUT2D eigenvalue weighted by atomic mass is 35.5. The van der Waals surface area contributed by atoms with Crippen molar-refractivity contribution in [1.29, 1.82) is 0 Å². The molecule has 0 aliphatic carbocycles. The van der Waals surface area contributed by atoms with Gasteiger partial charge < -0.3 is 0 Å². The van der Waals surface area contributed by atoms with Crippen molar-refractivity contribution in [2.75, 3.05) is 5.32 Å². The number of aryl methyl sites for hydroxylation is 1. The molecular formula is C7H7Cl2N3O. The zero-order valence-corrected chi connectivity index (χ0v) is 8.30. The van der Waals surface area contributed by atoms with E-state index in [0.717, 1.165) is 5.56 Å². The van der Waals surface area contributed by atoms with Crippen LogP contribution >= 0.6 is 23.2 Å². The largest absolute Gasteiger partial charge is 0.292 e. The molecule has 0 radical (unpaired) electrons. The standard InChI is InChI=1S/C7H7Cl2N3O/c1-4-2-10-7(11-3-4)12-6(13)5(8)9/h2-3,5H,1H3,(H,10,11,12,13). The molecule has 1 aromatic rings. The number of nitrogens with one attached hydrogen (secondary N) is 1. The van der Waals surface area contributed by atoms with Gasteiger partial charge in [-0.15, -0.1) is 0 Å². The van der Waals surface area contributed by atoms with Crippen molar-refractivity contribution in [3.05, 3.63) is 18.0 Å².